The Balaban J connectivity index is 0.00000441. The van der Waals surface area contributed by atoms with Gasteiger partial charge in [-0.25, -0.2) is 4.79 Å². The molecule has 0 bridgehead atoms. The maximum Gasteiger partial charge on any atom is 1.00 e. The summed E-state index contributed by atoms with van der Waals surface area (Å²) in [6.07, 6.45) is -5.31. The van der Waals surface area contributed by atoms with Crippen molar-refractivity contribution in [3.8, 4) is 5.75 Å². The van der Waals surface area contributed by atoms with Gasteiger partial charge in [-0.15, -0.1) is 0 Å². The Hall–Kier alpha value is -0.268. The summed E-state index contributed by atoms with van der Waals surface area (Å²) >= 11 is 0. The molecule has 116 valence electrons. The molecule has 1 rings (SSSR count). The van der Waals surface area contributed by atoms with E-state index < -0.39 is 29.7 Å². The van der Waals surface area contributed by atoms with E-state index in [1.165, 1.54) is 0 Å². The fraction of sp³-hybridized carbons (Fsp3) is 0.333. The molecule has 0 heterocycles. The summed E-state index contributed by atoms with van der Waals surface area (Å²) < 4.78 is 59.8. The number of aliphatic carboxylic acids is 1. The number of ether oxygens (including phenoxy) is 2. The van der Waals surface area contributed by atoms with Crippen molar-refractivity contribution in [1.29, 1.82) is 0 Å². The van der Waals surface area contributed by atoms with Crippen molar-refractivity contribution < 1.29 is 111 Å². The third-order valence-corrected chi connectivity index (χ3v) is 2.23. The Morgan fingerprint density at radius 3 is 2.05 bits per heavy atom. The fourth-order valence-electron chi connectivity index (χ4n) is 1.20. The van der Waals surface area contributed by atoms with Gasteiger partial charge in [-0.1, -0.05) is 0 Å². The first-order valence-corrected chi connectivity index (χ1v) is 5.55. The van der Waals surface area contributed by atoms with Crippen LogP contribution in [0.25, 0.3) is 0 Å². The standard InChI is InChI=1S/C12H10F4O5.Cs/c1-2-20-9(17)7-3-5-8(6-4-7)21-12(15,16)11(13,14)10(18)19;/h3-6H,2H2,1H3,(H,18,19);/q;+1/p-1. The van der Waals surface area contributed by atoms with Gasteiger partial charge in [0, 0.05) is 0 Å². The number of carboxylic acids is 1. The molecule has 0 aliphatic rings. The molecule has 0 aliphatic carbocycles. The Labute approximate surface area is 181 Å². The number of carbonyl (C=O) groups is 2. The zero-order valence-corrected chi connectivity index (χ0v) is 17.8. The van der Waals surface area contributed by atoms with Crippen LogP contribution < -0.4 is 78.7 Å². The second-order valence-corrected chi connectivity index (χ2v) is 3.73. The first-order chi connectivity index (χ1) is 9.61. The third-order valence-electron chi connectivity index (χ3n) is 2.23. The average Bonchev–Trinajstić information content (AvgIpc) is 2.39. The molecule has 0 N–H and O–H groups in total. The quantitative estimate of drug-likeness (QED) is 0.385. The Kier molecular flexibility index (Phi) is 8.44. The van der Waals surface area contributed by atoms with Crippen LogP contribution in [-0.2, 0) is 9.53 Å². The minimum atomic E-state index is -5.51. The Morgan fingerprint density at radius 2 is 1.64 bits per heavy atom. The first-order valence-electron chi connectivity index (χ1n) is 5.55. The summed E-state index contributed by atoms with van der Waals surface area (Å²) in [5.74, 6) is -10.3. The topological polar surface area (TPSA) is 75.7 Å². The molecule has 0 radical (unpaired) electrons. The molecule has 0 fully saturated rings. The van der Waals surface area contributed by atoms with Crippen LogP contribution in [0.15, 0.2) is 24.3 Å². The van der Waals surface area contributed by atoms with E-state index >= 15 is 0 Å². The van der Waals surface area contributed by atoms with Crippen molar-refractivity contribution in [3.63, 3.8) is 0 Å². The molecule has 0 saturated carbocycles. The number of esters is 1. The van der Waals surface area contributed by atoms with Crippen molar-refractivity contribution in [2.75, 3.05) is 6.61 Å². The number of carbonyl (C=O) groups excluding carboxylic acids is 2. The third kappa shape index (κ3) is 5.13. The van der Waals surface area contributed by atoms with Gasteiger partial charge >= 0.3 is 86.9 Å². The molecule has 1 aromatic rings. The molecule has 0 saturated heterocycles. The van der Waals surface area contributed by atoms with Gasteiger partial charge in [-0.2, -0.15) is 17.6 Å². The number of carboxylic acid groups (broad SMARTS) is 1. The van der Waals surface area contributed by atoms with E-state index in [4.69, 9.17) is 0 Å². The van der Waals surface area contributed by atoms with E-state index in [1.54, 1.807) is 6.92 Å². The van der Waals surface area contributed by atoms with Crippen LogP contribution in [0, 0.1) is 0 Å². The minimum absolute atomic E-state index is 0. The molecule has 0 atom stereocenters. The van der Waals surface area contributed by atoms with Gasteiger partial charge in [0.05, 0.1) is 12.2 Å². The molecule has 10 heteroatoms. The van der Waals surface area contributed by atoms with E-state index in [0.717, 1.165) is 24.3 Å². The van der Waals surface area contributed by atoms with E-state index in [0.29, 0.717) is 0 Å². The summed E-state index contributed by atoms with van der Waals surface area (Å²) in [5, 5.41) is 9.99. The number of hydrogen-bond donors (Lipinski definition) is 0. The van der Waals surface area contributed by atoms with Crippen molar-refractivity contribution in [3.05, 3.63) is 29.8 Å². The fourth-order valence-corrected chi connectivity index (χ4v) is 1.20. The van der Waals surface area contributed by atoms with Crippen molar-refractivity contribution in [1.82, 2.24) is 0 Å². The summed E-state index contributed by atoms with van der Waals surface area (Å²) in [5.41, 5.74) is -0.0147. The zero-order chi connectivity index (χ0) is 16.3. The molecular weight excluding hydrogens is 433 g/mol. The predicted molar refractivity (Wildman–Crippen MR) is 57.9 cm³/mol. The van der Waals surface area contributed by atoms with Gasteiger partial charge < -0.3 is 19.4 Å². The van der Waals surface area contributed by atoms with E-state index in [1.807, 2.05) is 0 Å². The number of rotatable bonds is 6. The van der Waals surface area contributed by atoms with Crippen molar-refractivity contribution in [2.24, 2.45) is 0 Å². The van der Waals surface area contributed by atoms with Crippen molar-refractivity contribution in [2.45, 2.75) is 19.0 Å². The number of benzene rings is 1. The summed E-state index contributed by atoms with van der Waals surface area (Å²) in [6, 6.07) is 3.60. The van der Waals surface area contributed by atoms with Gasteiger partial charge in [-0.3, -0.25) is 0 Å². The number of hydrogen-bond acceptors (Lipinski definition) is 5. The summed E-state index contributed by atoms with van der Waals surface area (Å²) in [4.78, 5) is 21.3. The maximum absolute atomic E-state index is 13.0. The smallest absolute Gasteiger partial charge is 0.544 e. The first kappa shape index (κ1) is 21.7. The maximum atomic E-state index is 13.0. The predicted octanol–water partition coefficient (Wildman–Crippen LogP) is -1.78. The Bertz CT molecular complexity index is 533. The minimum Gasteiger partial charge on any atom is -0.544 e. The number of halogens is 4. The molecule has 0 spiro atoms. The van der Waals surface area contributed by atoms with Gasteiger partial charge in [0.1, 0.15) is 11.7 Å². The number of alkyl halides is 4. The van der Waals surface area contributed by atoms with Crippen LogP contribution >= 0.6 is 0 Å². The molecule has 1 aromatic carbocycles. The average molecular weight is 442 g/mol. The molecule has 0 amide bonds. The largest absolute Gasteiger partial charge is 1.00 e. The van der Waals surface area contributed by atoms with Crippen LogP contribution in [0.2, 0.25) is 0 Å². The van der Waals surface area contributed by atoms with Gasteiger partial charge in [-0.05, 0) is 31.2 Å². The van der Waals surface area contributed by atoms with Gasteiger partial charge in [0.2, 0.25) is 0 Å². The molecule has 22 heavy (non-hydrogen) atoms. The second-order valence-electron chi connectivity index (χ2n) is 3.73. The van der Waals surface area contributed by atoms with Crippen LogP contribution in [0.5, 0.6) is 5.75 Å². The molecule has 0 aliphatic heterocycles. The molecule has 0 unspecified atom stereocenters. The Morgan fingerprint density at radius 1 is 1.14 bits per heavy atom. The monoisotopic (exact) mass is 442 g/mol. The van der Waals surface area contributed by atoms with Crippen LogP contribution in [-0.4, -0.2) is 30.6 Å². The van der Waals surface area contributed by atoms with Crippen LogP contribution in [0.1, 0.15) is 17.3 Å². The van der Waals surface area contributed by atoms with E-state index in [-0.39, 0.29) is 81.1 Å². The van der Waals surface area contributed by atoms with Crippen LogP contribution in [0.3, 0.4) is 0 Å². The van der Waals surface area contributed by atoms with Gasteiger partial charge in [0.25, 0.3) is 0 Å². The van der Waals surface area contributed by atoms with E-state index in [9.17, 15) is 32.3 Å². The van der Waals surface area contributed by atoms with Gasteiger partial charge in [0.15, 0.2) is 0 Å². The summed E-state index contributed by atoms with van der Waals surface area (Å²) in [7, 11) is 0. The second kappa shape index (κ2) is 8.55. The van der Waals surface area contributed by atoms with Crippen molar-refractivity contribution >= 4 is 11.9 Å². The summed E-state index contributed by atoms with van der Waals surface area (Å²) in [6.45, 7) is 1.64. The SMILES string of the molecule is CCOC(=O)c1ccc(OC(F)(F)C(F)(F)C(=O)[O-])cc1.[Cs+]. The van der Waals surface area contributed by atoms with E-state index in [2.05, 4.69) is 9.47 Å². The molecular formula is C12H9CsF4O5. The zero-order valence-electron chi connectivity index (χ0n) is 11.6. The normalized spacial score (nSPS) is 11.3. The molecule has 0 aromatic heterocycles. The molecule has 5 nitrogen and oxygen atoms in total. The van der Waals surface area contributed by atoms with Crippen LogP contribution in [0.4, 0.5) is 17.6 Å².